The minimum Gasteiger partial charge on any atom is -0.508 e. The average molecular weight is 421 g/mol. The maximum absolute atomic E-state index is 12.1. The molecule has 0 radical (unpaired) electrons. The molecule has 1 atom stereocenters. The van der Waals surface area contributed by atoms with Crippen LogP contribution in [0.1, 0.15) is 11.3 Å². The number of carbonyl (C=O) groups is 1. The summed E-state index contributed by atoms with van der Waals surface area (Å²) in [6, 6.07) is 7.02. The van der Waals surface area contributed by atoms with Crippen LogP contribution in [0.2, 0.25) is 0 Å². The summed E-state index contributed by atoms with van der Waals surface area (Å²) < 4.78 is 1.61. The summed E-state index contributed by atoms with van der Waals surface area (Å²) in [7, 11) is 3.95. The van der Waals surface area contributed by atoms with Gasteiger partial charge in [0.25, 0.3) is 0 Å². The fourth-order valence-electron chi connectivity index (χ4n) is 2.69. The molecule has 1 aromatic carbocycles. The minimum atomic E-state index is -0.225. The molecule has 0 fully saturated rings. The maximum Gasteiger partial charge on any atom is 0.314 e. The molecule has 0 aliphatic rings. The molecule has 6 N–H and O–H groups in total. The molecule has 30 heavy (non-hydrogen) atoms. The Morgan fingerprint density at radius 1 is 1.30 bits per heavy atom. The molecule has 0 bridgehead atoms. The normalized spacial score (nSPS) is 12.1. The van der Waals surface area contributed by atoms with Gasteiger partial charge in [-0.1, -0.05) is 17.3 Å². The van der Waals surface area contributed by atoms with Crippen molar-refractivity contribution in [3.63, 3.8) is 0 Å². The van der Waals surface area contributed by atoms with Crippen LogP contribution in [0.5, 0.6) is 5.75 Å². The van der Waals surface area contributed by atoms with Crippen molar-refractivity contribution in [1.82, 2.24) is 36.0 Å². The Hall–Kier alpha value is -2.73. The van der Waals surface area contributed by atoms with Gasteiger partial charge in [-0.05, 0) is 38.2 Å². The van der Waals surface area contributed by atoms with Crippen LogP contribution in [0.4, 0.5) is 4.79 Å². The van der Waals surface area contributed by atoms with Crippen molar-refractivity contribution >= 4 is 6.03 Å². The highest BCUT2D eigenvalue weighted by molar-refractivity contribution is 5.73. The van der Waals surface area contributed by atoms with E-state index in [1.165, 1.54) is 0 Å². The predicted octanol–water partition coefficient (Wildman–Crippen LogP) is -0.564. The Bertz CT molecular complexity index is 750. The van der Waals surface area contributed by atoms with Crippen LogP contribution in [-0.2, 0) is 24.3 Å². The van der Waals surface area contributed by atoms with E-state index < -0.39 is 0 Å². The lowest BCUT2D eigenvalue weighted by Crippen LogP contribution is -2.45. The van der Waals surface area contributed by atoms with Crippen LogP contribution < -0.4 is 21.8 Å². The SMILES string of the molecule is CN(C)[C@H](CNC(=O)NCCc1cn(CNOCCN)nn1)Cc1ccc(O)cc1. The zero-order chi connectivity index (χ0) is 21.8. The van der Waals surface area contributed by atoms with Crippen molar-refractivity contribution in [1.29, 1.82) is 0 Å². The molecule has 0 unspecified atom stereocenters. The van der Waals surface area contributed by atoms with Gasteiger partial charge in [-0.2, -0.15) is 5.48 Å². The number of amides is 2. The molecular weight excluding hydrogens is 388 g/mol. The molecule has 11 heteroatoms. The lowest BCUT2D eigenvalue weighted by molar-refractivity contribution is 0.0260. The standard InChI is InChI=1S/C19H32N8O3/c1-26(2)17(11-15-3-5-18(28)6-4-15)12-22-19(29)21-9-7-16-13-27(25-24-16)14-23-30-10-8-20/h3-6,13,17,23,28H,7-12,14,20H2,1-2H3,(H2,21,22,29)/t17-/m0/s1. The van der Waals surface area contributed by atoms with E-state index in [9.17, 15) is 9.90 Å². The summed E-state index contributed by atoms with van der Waals surface area (Å²) in [5.41, 5.74) is 9.93. The zero-order valence-electron chi connectivity index (χ0n) is 17.5. The first-order chi connectivity index (χ1) is 14.5. The molecule has 0 aliphatic heterocycles. The number of hydrogen-bond donors (Lipinski definition) is 5. The lowest BCUT2D eigenvalue weighted by Gasteiger charge is -2.25. The first-order valence-corrected chi connectivity index (χ1v) is 9.87. The number of urea groups is 1. The van der Waals surface area contributed by atoms with E-state index in [4.69, 9.17) is 10.6 Å². The monoisotopic (exact) mass is 420 g/mol. The number of carbonyl (C=O) groups excluding carboxylic acids is 1. The van der Waals surface area contributed by atoms with E-state index in [1.54, 1.807) is 23.0 Å². The van der Waals surface area contributed by atoms with Crippen LogP contribution in [-0.4, -0.2) is 77.4 Å². The minimum absolute atomic E-state index is 0.134. The van der Waals surface area contributed by atoms with Gasteiger partial charge < -0.3 is 26.4 Å². The predicted molar refractivity (Wildman–Crippen MR) is 113 cm³/mol. The van der Waals surface area contributed by atoms with Crippen LogP contribution in [0.25, 0.3) is 0 Å². The number of phenols is 1. The number of benzene rings is 1. The van der Waals surface area contributed by atoms with E-state index in [2.05, 4.69) is 31.3 Å². The van der Waals surface area contributed by atoms with Gasteiger partial charge in [0.1, 0.15) is 12.4 Å². The largest absolute Gasteiger partial charge is 0.508 e. The fourth-order valence-corrected chi connectivity index (χ4v) is 2.69. The third-order valence-electron chi connectivity index (χ3n) is 4.44. The molecular formula is C19H32N8O3. The molecule has 166 valence electrons. The Morgan fingerprint density at radius 2 is 2.07 bits per heavy atom. The average Bonchev–Trinajstić information content (AvgIpc) is 3.17. The molecule has 0 aliphatic carbocycles. The van der Waals surface area contributed by atoms with Gasteiger partial charge in [0, 0.05) is 32.1 Å². The zero-order valence-corrected chi connectivity index (χ0v) is 17.5. The number of nitrogens with zero attached hydrogens (tertiary/aromatic N) is 4. The third-order valence-corrected chi connectivity index (χ3v) is 4.44. The van der Waals surface area contributed by atoms with E-state index in [1.807, 2.05) is 26.2 Å². The summed E-state index contributed by atoms with van der Waals surface area (Å²) in [6.07, 6.45) is 3.12. The van der Waals surface area contributed by atoms with Crippen LogP contribution in [0, 0.1) is 0 Å². The van der Waals surface area contributed by atoms with Crippen molar-refractivity contribution in [3.8, 4) is 5.75 Å². The summed E-state index contributed by atoms with van der Waals surface area (Å²) in [5, 5.41) is 23.2. The summed E-state index contributed by atoms with van der Waals surface area (Å²) in [6.45, 7) is 2.18. The van der Waals surface area contributed by atoms with Crippen LogP contribution in [0.3, 0.4) is 0 Å². The molecule has 2 aromatic rings. The maximum atomic E-state index is 12.1. The van der Waals surface area contributed by atoms with E-state index in [0.717, 1.165) is 17.7 Å². The van der Waals surface area contributed by atoms with Crippen molar-refractivity contribution in [3.05, 3.63) is 41.7 Å². The van der Waals surface area contributed by atoms with Gasteiger partial charge in [0.15, 0.2) is 0 Å². The highest BCUT2D eigenvalue weighted by Gasteiger charge is 2.14. The Morgan fingerprint density at radius 3 is 2.77 bits per heavy atom. The molecule has 2 amide bonds. The van der Waals surface area contributed by atoms with E-state index in [0.29, 0.717) is 39.3 Å². The van der Waals surface area contributed by atoms with Crippen molar-refractivity contribution in [2.75, 3.05) is 40.3 Å². The molecule has 1 heterocycles. The number of likely N-dealkylation sites (N-methyl/N-ethyl adjacent to an activating group) is 1. The second-order valence-corrected chi connectivity index (χ2v) is 7.06. The van der Waals surface area contributed by atoms with Gasteiger partial charge in [0.05, 0.1) is 18.5 Å². The number of hydroxylamine groups is 1. The van der Waals surface area contributed by atoms with Crippen LogP contribution >= 0.6 is 0 Å². The molecule has 2 rings (SSSR count). The number of rotatable bonds is 13. The molecule has 11 nitrogen and oxygen atoms in total. The van der Waals surface area contributed by atoms with Crippen molar-refractivity contribution in [2.45, 2.75) is 25.6 Å². The second kappa shape index (κ2) is 12.8. The molecule has 0 saturated heterocycles. The van der Waals surface area contributed by atoms with Crippen LogP contribution in [0.15, 0.2) is 30.5 Å². The number of nitrogens with one attached hydrogen (secondary N) is 3. The van der Waals surface area contributed by atoms with E-state index >= 15 is 0 Å². The van der Waals surface area contributed by atoms with E-state index in [-0.39, 0.29) is 17.8 Å². The topological polar surface area (TPSA) is 143 Å². The lowest BCUT2D eigenvalue weighted by atomic mass is 10.1. The quantitative estimate of drug-likeness (QED) is 0.214. The molecule has 0 spiro atoms. The summed E-state index contributed by atoms with van der Waals surface area (Å²) >= 11 is 0. The fraction of sp³-hybridized carbons (Fsp3) is 0.526. The number of aromatic nitrogens is 3. The number of aromatic hydroxyl groups is 1. The second-order valence-electron chi connectivity index (χ2n) is 7.06. The number of hydrogen-bond acceptors (Lipinski definition) is 8. The summed E-state index contributed by atoms with van der Waals surface area (Å²) in [5.74, 6) is 0.244. The molecule has 1 aromatic heterocycles. The van der Waals surface area contributed by atoms with Gasteiger partial charge in [-0.15, -0.1) is 5.10 Å². The highest BCUT2D eigenvalue weighted by atomic mass is 16.6. The third kappa shape index (κ3) is 8.74. The van der Waals surface area contributed by atoms with Crippen molar-refractivity contribution < 1.29 is 14.7 Å². The first-order valence-electron chi connectivity index (χ1n) is 9.87. The number of nitrogens with two attached hydrogens (primary N) is 1. The van der Waals surface area contributed by atoms with Crippen molar-refractivity contribution in [2.24, 2.45) is 5.73 Å². The first kappa shape index (κ1) is 23.5. The highest BCUT2D eigenvalue weighted by Crippen LogP contribution is 2.12. The van der Waals surface area contributed by atoms with Gasteiger partial charge in [0.2, 0.25) is 0 Å². The number of phenolic OH excluding ortho intramolecular Hbond substituents is 1. The summed E-state index contributed by atoms with van der Waals surface area (Å²) in [4.78, 5) is 19.3. The smallest absolute Gasteiger partial charge is 0.314 e. The van der Waals surface area contributed by atoms with Gasteiger partial charge >= 0.3 is 6.03 Å². The Kier molecular flexibility index (Phi) is 10.0. The Labute approximate surface area is 176 Å². The Balaban J connectivity index is 1.67. The van der Waals surface area contributed by atoms with Gasteiger partial charge in [-0.3, -0.25) is 4.84 Å². The molecule has 0 saturated carbocycles. The van der Waals surface area contributed by atoms with Gasteiger partial charge in [-0.25, -0.2) is 9.48 Å².